The number of ether oxygens (including phenoxy) is 1. The molecular formula is C14H14O5. The highest BCUT2D eigenvalue weighted by molar-refractivity contribution is 5.92. The first-order chi connectivity index (χ1) is 9.00. The lowest BCUT2D eigenvalue weighted by molar-refractivity contribution is -0.133. The van der Waals surface area contributed by atoms with Crippen LogP contribution in [0.5, 0.6) is 0 Å². The summed E-state index contributed by atoms with van der Waals surface area (Å²) in [4.78, 5) is 21.5. The van der Waals surface area contributed by atoms with Crippen molar-refractivity contribution in [2.75, 3.05) is 13.2 Å². The van der Waals surface area contributed by atoms with Gasteiger partial charge in [0.15, 0.2) is 0 Å². The normalized spacial score (nSPS) is 11.1. The lowest BCUT2D eigenvalue weighted by Gasteiger charge is -2.05. The minimum absolute atomic E-state index is 0.0457. The van der Waals surface area contributed by atoms with E-state index in [0.717, 1.165) is 5.56 Å². The summed E-state index contributed by atoms with van der Waals surface area (Å²) in [6.07, 6.45) is 1.48. The van der Waals surface area contributed by atoms with Crippen molar-refractivity contribution in [1.29, 1.82) is 0 Å². The third kappa shape index (κ3) is 5.18. The monoisotopic (exact) mass is 262 g/mol. The van der Waals surface area contributed by atoms with Gasteiger partial charge in [0.25, 0.3) is 0 Å². The van der Waals surface area contributed by atoms with Crippen LogP contribution in [0.1, 0.15) is 5.56 Å². The Morgan fingerprint density at radius 1 is 1.11 bits per heavy atom. The fourth-order valence-electron chi connectivity index (χ4n) is 1.26. The SMILES string of the molecule is C=C(COC/C(=C/c1ccccc1)C(=O)O)C(=O)O. The maximum Gasteiger partial charge on any atom is 0.333 e. The first-order valence-corrected chi connectivity index (χ1v) is 5.48. The zero-order valence-electron chi connectivity index (χ0n) is 10.2. The Morgan fingerprint density at radius 2 is 1.74 bits per heavy atom. The molecule has 0 fully saturated rings. The quantitative estimate of drug-likeness (QED) is 0.732. The molecule has 0 aliphatic carbocycles. The summed E-state index contributed by atoms with van der Waals surface area (Å²) in [5.41, 5.74) is 0.661. The lowest BCUT2D eigenvalue weighted by Crippen LogP contribution is -2.12. The smallest absolute Gasteiger partial charge is 0.333 e. The van der Waals surface area contributed by atoms with Crippen molar-refractivity contribution in [2.24, 2.45) is 0 Å². The van der Waals surface area contributed by atoms with Crippen molar-refractivity contribution in [1.82, 2.24) is 0 Å². The van der Waals surface area contributed by atoms with E-state index in [4.69, 9.17) is 14.9 Å². The standard InChI is InChI=1S/C14H14O5/c1-10(13(15)16)8-19-9-12(14(17)18)7-11-5-3-2-4-6-11/h2-7H,1,8-9H2,(H,15,16)(H,17,18)/b12-7-. The largest absolute Gasteiger partial charge is 0.478 e. The molecule has 0 spiro atoms. The van der Waals surface area contributed by atoms with Crippen molar-refractivity contribution in [3.8, 4) is 0 Å². The molecule has 0 unspecified atom stereocenters. The molecule has 19 heavy (non-hydrogen) atoms. The number of carboxylic acids is 2. The maximum absolute atomic E-state index is 11.0. The highest BCUT2D eigenvalue weighted by atomic mass is 16.5. The summed E-state index contributed by atoms with van der Waals surface area (Å²) in [6.45, 7) is 2.89. The van der Waals surface area contributed by atoms with Crippen LogP contribution in [0.2, 0.25) is 0 Å². The van der Waals surface area contributed by atoms with E-state index in [1.54, 1.807) is 24.3 Å². The van der Waals surface area contributed by atoms with Crippen LogP contribution < -0.4 is 0 Å². The molecule has 0 heterocycles. The van der Waals surface area contributed by atoms with Gasteiger partial charge in [-0.05, 0) is 11.6 Å². The molecule has 1 aromatic rings. The topological polar surface area (TPSA) is 83.8 Å². The Morgan fingerprint density at radius 3 is 2.26 bits per heavy atom. The van der Waals surface area contributed by atoms with E-state index in [2.05, 4.69) is 6.58 Å². The van der Waals surface area contributed by atoms with Gasteiger partial charge in [-0.3, -0.25) is 0 Å². The number of aliphatic carboxylic acids is 2. The molecule has 0 bridgehead atoms. The molecule has 0 aliphatic rings. The first kappa shape index (κ1) is 14.7. The number of benzene rings is 1. The average Bonchev–Trinajstić information content (AvgIpc) is 2.38. The third-order valence-electron chi connectivity index (χ3n) is 2.25. The molecular weight excluding hydrogens is 248 g/mol. The number of hydrogen-bond acceptors (Lipinski definition) is 3. The van der Waals surface area contributed by atoms with Gasteiger partial charge in [0.2, 0.25) is 0 Å². The second-order valence-electron chi connectivity index (χ2n) is 3.79. The van der Waals surface area contributed by atoms with Gasteiger partial charge in [-0.25, -0.2) is 9.59 Å². The number of rotatable bonds is 7. The molecule has 5 nitrogen and oxygen atoms in total. The van der Waals surface area contributed by atoms with E-state index in [9.17, 15) is 9.59 Å². The molecule has 0 aromatic heterocycles. The Balaban J connectivity index is 2.65. The van der Waals surface area contributed by atoms with Gasteiger partial charge in [-0.2, -0.15) is 0 Å². The van der Waals surface area contributed by atoms with Crippen LogP contribution in [-0.2, 0) is 14.3 Å². The third-order valence-corrected chi connectivity index (χ3v) is 2.25. The highest BCUT2D eigenvalue weighted by Gasteiger charge is 2.09. The second-order valence-corrected chi connectivity index (χ2v) is 3.79. The van der Waals surface area contributed by atoms with E-state index in [1.165, 1.54) is 6.08 Å². The van der Waals surface area contributed by atoms with Crippen LogP contribution in [0.4, 0.5) is 0 Å². The molecule has 2 N–H and O–H groups in total. The second kappa shape index (κ2) is 7.13. The summed E-state index contributed by atoms with van der Waals surface area (Å²) in [5.74, 6) is -2.27. The molecule has 0 radical (unpaired) electrons. The Bertz CT molecular complexity index is 502. The summed E-state index contributed by atoms with van der Waals surface area (Å²) < 4.78 is 5.02. The molecule has 1 rings (SSSR count). The molecule has 0 saturated carbocycles. The molecule has 0 amide bonds. The molecule has 100 valence electrons. The zero-order valence-corrected chi connectivity index (χ0v) is 10.2. The van der Waals surface area contributed by atoms with E-state index >= 15 is 0 Å². The molecule has 0 saturated heterocycles. The zero-order chi connectivity index (χ0) is 14.3. The number of hydrogen-bond donors (Lipinski definition) is 2. The Labute approximate surface area is 110 Å². The fourth-order valence-corrected chi connectivity index (χ4v) is 1.26. The van der Waals surface area contributed by atoms with Gasteiger partial charge < -0.3 is 14.9 Å². The minimum Gasteiger partial charge on any atom is -0.478 e. The van der Waals surface area contributed by atoms with Crippen LogP contribution in [0.25, 0.3) is 6.08 Å². The van der Waals surface area contributed by atoms with E-state index in [-0.39, 0.29) is 24.4 Å². The molecule has 5 heteroatoms. The van der Waals surface area contributed by atoms with Gasteiger partial charge in [-0.1, -0.05) is 36.9 Å². The van der Waals surface area contributed by atoms with Crippen LogP contribution in [-0.4, -0.2) is 35.4 Å². The van der Waals surface area contributed by atoms with Crippen LogP contribution in [0.15, 0.2) is 48.1 Å². The summed E-state index contributed by atoms with van der Waals surface area (Å²) in [5, 5.41) is 17.6. The molecule has 1 aromatic carbocycles. The summed E-state index contributed by atoms with van der Waals surface area (Å²) in [6, 6.07) is 8.93. The van der Waals surface area contributed by atoms with Gasteiger partial charge >= 0.3 is 11.9 Å². The Kier molecular flexibility index (Phi) is 5.50. The molecule has 0 atom stereocenters. The van der Waals surface area contributed by atoms with Crippen molar-refractivity contribution in [3.63, 3.8) is 0 Å². The number of carbonyl (C=O) groups is 2. The summed E-state index contributed by atoms with van der Waals surface area (Å²) in [7, 11) is 0. The van der Waals surface area contributed by atoms with E-state index in [0.29, 0.717) is 0 Å². The van der Waals surface area contributed by atoms with Crippen molar-refractivity contribution in [3.05, 3.63) is 53.6 Å². The fraction of sp³-hybridized carbons (Fsp3) is 0.143. The average molecular weight is 262 g/mol. The van der Waals surface area contributed by atoms with Crippen molar-refractivity contribution < 1.29 is 24.5 Å². The van der Waals surface area contributed by atoms with Gasteiger partial charge in [-0.15, -0.1) is 0 Å². The van der Waals surface area contributed by atoms with Gasteiger partial charge in [0.05, 0.1) is 24.4 Å². The minimum atomic E-state index is -1.16. The van der Waals surface area contributed by atoms with E-state index in [1.807, 2.05) is 6.07 Å². The van der Waals surface area contributed by atoms with Crippen molar-refractivity contribution in [2.45, 2.75) is 0 Å². The summed E-state index contributed by atoms with van der Waals surface area (Å²) >= 11 is 0. The van der Waals surface area contributed by atoms with Crippen LogP contribution >= 0.6 is 0 Å². The van der Waals surface area contributed by atoms with Crippen molar-refractivity contribution >= 4 is 18.0 Å². The van der Waals surface area contributed by atoms with Crippen LogP contribution in [0, 0.1) is 0 Å². The number of carboxylic acid groups (broad SMARTS) is 2. The van der Waals surface area contributed by atoms with Gasteiger partial charge in [0.1, 0.15) is 0 Å². The first-order valence-electron chi connectivity index (χ1n) is 5.48. The lowest BCUT2D eigenvalue weighted by atomic mass is 10.1. The maximum atomic E-state index is 11.0. The molecule has 0 aliphatic heterocycles. The van der Waals surface area contributed by atoms with E-state index < -0.39 is 11.9 Å². The van der Waals surface area contributed by atoms with Crippen LogP contribution in [0.3, 0.4) is 0 Å². The highest BCUT2D eigenvalue weighted by Crippen LogP contribution is 2.08. The van der Waals surface area contributed by atoms with Gasteiger partial charge in [0, 0.05) is 0 Å². The Hall–Kier alpha value is -2.40. The predicted octanol–water partition coefficient (Wildman–Crippen LogP) is 1.81. The predicted molar refractivity (Wildman–Crippen MR) is 69.6 cm³/mol.